The Morgan fingerprint density at radius 2 is 1.89 bits per heavy atom. The fourth-order valence-corrected chi connectivity index (χ4v) is 2.98. The Morgan fingerprint density at radius 1 is 1.33 bits per heavy atom. The maximum atomic E-state index is 12.3. The Morgan fingerprint density at radius 3 is 2.28 bits per heavy atom. The first-order valence-electron chi connectivity index (χ1n) is 5.84. The summed E-state index contributed by atoms with van der Waals surface area (Å²) in [6, 6.07) is 0.00925. The molecule has 0 aromatic carbocycles. The highest BCUT2D eigenvalue weighted by atomic mass is 32.2. The number of sulfonamides is 1. The van der Waals surface area contributed by atoms with E-state index in [9.17, 15) is 13.2 Å². The van der Waals surface area contributed by atoms with Crippen LogP contribution in [0.1, 0.15) is 19.8 Å². The van der Waals surface area contributed by atoms with E-state index in [0.717, 1.165) is 12.8 Å². The molecule has 0 bridgehead atoms. The molecule has 0 amide bonds. The van der Waals surface area contributed by atoms with Crippen molar-refractivity contribution < 1.29 is 17.9 Å². The van der Waals surface area contributed by atoms with Crippen LogP contribution in [0, 0.1) is 0 Å². The standard InChI is InChI=1S/C11H20N2O4S/c1-5-17-11(14)10(8-12(2)3)18(15,16)13(4)9-6-7-9/h8-9H,5-7H2,1-4H3. The minimum Gasteiger partial charge on any atom is -0.462 e. The third kappa shape index (κ3) is 3.46. The van der Waals surface area contributed by atoms with Crippen LogP contribution >= 0.6 is 0 Å². The van der Waals surface area contributed by atoms with Crippen LogP contribution in [0.4, 0.5) is 0 Å². The average Bonchev–Trinajstić information content (AvgIpc) is 3.08. The second-order valence-corrected chi connectivity index (χ2v) is 6.40. The van der Waals surface area contributed by atoms with Crippen LogP contribution in [0.3, 0.4) is 0 Å². The van der Waals surface area contributed by atoms with E-state index < -0.39 is 16.0 Å². The Balaban J connectivity index is 3.05. The summed E-state index contributed by atoms with van der Waals surface area (Å²) in [6.07, 6.45) is 2.97. The van der Waals surface area contributed by atoms with Gasteiger partial charge >= 0.3 is 5.97 Å². The Bertz CT molecular complexity index is 438. The largest absolute Gasteiger partial charge is 0.462 e. The van der Waals surface area contributed by atoms with Crippen molar-refractivity contribution in [3.05, 3.63) is 11.1 Å². The minimum atomic E-state index is -3.78. The van der Waals surface area contributed by atoms with Gasteiger partial charge in [0.25, 0.3) is 10.0 Å². The Hall–Kier alpha value is -1.08. The molecule has 1 fully saturated rings. The number of hydrogen-bond donors (Lipinski definition) is 0. The summed E-state index contributed by atoms with van der Waals surface area (Å²) in [6.45, 7) is 1.79. The number of hydrogen-bond acceptors (Lipinski definition) is 5. The summed E-state index contributed by atoms with van der Waals surface area (Å²) in [4.78, 5) is 13.0. The lowest BCUT2D eigenvalue weighted by atomic mass is 10.6. The molecule has 0 N–H and O–H groups in total. The maximum absolute atomic E-state index is 12.3. The number of rotatable bonds is 6. The van der Waals surface area contributed by atoms with E-state index in [4.69, 9.17) is 4.74 Å². The maximum Gasteiger partial charge on any atom is 0.352 e. The van der Waals surface area contributed by atoms with E-state index in [0.29, 0.717) is 0 Å². The van der Waals surface area contributed by atoms with Crippen molar-refractivity contribution in [3.63, 3.8) is 0 Å². The summed E-state index contributed by atoms with van der Waals surface area (Å²) >= 11 is 0. The van der Waals surface area contributed by atoms with E-state index in [-0.39, 0.29) is 17.6 Å². The molecule has 0 radical (unpaired) electrons. The summed E-state index contributed by atoms with van der Waals surface area (Å²) in [5.74, 6) is -0.807. The van der Waals surface area contributed by atoms with Gasteiger partial charge in [-0.05, 0) is 19.8 Å². The van der Waals surface area contributed by atoms with Gasteiger partial charge in [-0.2, -0.15) is 4.31 Å². The van der Waals surface area contributed by atoms with Gasteiger partial charge in [0.2, 0.25) is 0 Å². The molecule has 1 aliphatic carbocycles. The molecule has 7 heteroatoms. The highest BCUT2D eigenvalue weighted by molar-refractivity contribution is 7.94. The first-order chi connectivity index (χ1) is 8.30. The zero-order chi connectivity index (χ0) is 13.9. The molecule has 104 valence electrons. The second kappa shape index (κ2) is 5.71. The monoisotopic (exact) mass is 276 g/mol. The molecule has 1 rings (SSSR count). The molecule has 1 saturated carbocycles. The summed E-state index contributed by atoms with van der Waals surface area (Å²) in [7, 11) is 1.04. The SMILES string of the molecule is CCOC(=O)C(=CN(C)C)S(=O)(=O)N(C)C1CC1. The molecule has 1 aliphatic rings. The second-order valence-electron chi connectivity index (χ2n) is 4.43. The van der Waals surface area contributed by atoms with Gasteiger partial charge in [-0.15, -0.1) is 0 Å². The zero-order valence-corrected chi connectivity index (χ0v) is 12.0. The zero-order valence-electron chi connectivity index (χ0n) is 11.2. The van der Waals surface area contributed by atoms with Crippen molar-refractivity contribution in [1.29, 1.82) is 0 Å². The molecule has 0 heterocycles. The molecule has 0 aliphatic heterocycles. The highest BCUT2D eigenvalue weighted by Gasteiger charge is 2.39. The molecule has 18 heavy (non-hydrogen) atoms. The van der Waals surface area contributed by atoms with Gasteiger partial charge < -0.3 is 9.64 Å². The van der Waals surface area contributed by atoms with Crippen LogP contribution in [0.2, 0.25) is 0 Å². The third-order valence-electron chi connectivity index (χ3n) is 2.57. The molecule has 0 atom stereocenters. The lowest BCUT2D eigenvalue weighted by molar-refractivity contribution is -0.137. The lowest BCUT2D eigenvalue weighted by Crippen LogP contribution is -2.34. The van der Waals surface area contributed by atoms with Crippen molar-refractivity contribution in [2.75, 3.05) is 27.7 Å². The smallest absolute Gasteiger partial charge is 0.352 e. The van der Waals surface area contributed by atoms with E-state index >= 15 is 0 Å². The summed E-state index contributed by atoms with van der Waals surface area (Å²) in [5.41, 5.74) is 0. The number of carbonyl (C=O) groups excluding carboxylic acids is 1. The predicted molar refractivity (Wildman–Crippen MR) is 68.1 cm³/mol. The van der Waals surface area contributed by atoms with Crippen LogP contribution in [0.5, 0.6) is 0 Å². The Kier molecular flexibility index (Phi) is 4.75. The molecule has 0 unspecified atom stereocenters. The van der Waals surface area contributed by atoms with Gasteiger partial charge in [-0.3, -0.25) is 0 Å². The van der Waals surface area contributed by atoms with Gasteiger partial charge in [0.05, 0.1) is 6.61 Å². The van der Waals surface area contributed by atoms with E-state index in [1.165, 1.54) is 22.5 Å². The molecular formula is C11H20N2O4S. The highest BCUT2D eigenvalue weighted by Crippen LogP contribution is 2.30. The number of ether oxygens (including phenoxy) is 1. The van der Waals surface area contributed by atoms with Gasteiger partial charge in [-0.25, -0.2) is 13.2 Å². The quantitative estimate of drug-likeness (QED) is 0.518. The van der Waals surface area contributed by atoms with Crippen molar-refractivity contribution in [3.8, 4) is 0 Å². The van der Waals surface area contributed by atoms with Crippen molar-refractivity contribution in [1.82, 2.24) is 9.21 Å². The van der Waals surface area contributed by atoms with Crippen molar-refractivity contribution in [2.45, 2.75) is 25.8 Å². The molecule has 6 nitrogen and oxygen atoms in total. The van der Waals surface area contributed by atoms with Crippen LogP contribution in [0.15, 0.2) is 11.1 Å². The van der Waals surface area contributed by atoms with Crippen LogP contribution < -0.4 is 0 Å². The third-order valence-corrected chi connectivity index (χ3v) is 4.45. The minimum absolute atomic E-state index is 0.00925. The van der Waals surface area contributed by atoms with Gasteiger partial charge in [0.1, 0.15) is 0 Å². The van der Waals surface area contributed by atoms with Gasteiger partial charge in [-0.1, -0.05) is 0 Å². The topological polar surface area (TPSA) is 66.9 Å². The van der Waals surface area contributed by atoms with Crippen molar-refractivity contribution in [2.24, 2.45) is 0 Å². The van der Waals surface area contributed by atoms with Crippen molar-refractivity contribution >= 4 is 16.0 Å². The fraction of sp³-hybridized carbons (Fsp3) is 0.727. The van der Waals surface area contributed by atoms with E-state index in [2.05, 4.69) is 0 Å². The van der Waals surface area contributed by atoms with E-state index in [1.807, 2.05) is 0 Å². The normalized spacial score (nSPS) is 16.8. The molecule has 0 saturated heterocycles. The van der Waals surface area contributed by atoms with Crippen LogP contribution in [-0.2, 0) is 19.6 Å². The summed E-state index contributed by atoms with van der Waals surface area (Å²) < 4.78 is 30.6. The fourth-order valence-electron chi connectivity index (χ4n) is 1.45. The summed E-state index contributed by atoms with van der Waals surface area (Å²) in [5, 5.41) is 0. The first-order valence-corrected chi connectivity index (χ1v) is 7.28. The first kappa shape index (κ1) is 15.0. The lowest BCUT2D eigenvalue weighted by Gasteiger charge is -2.19. The Labute approximate surface area is 108 Å². The number of carbonyl (C=O) groups is 1. The van der Waals surface area contributed by atoms with Gasteiger partial charge in [0, 0.05) is 33.4 Å². The van der Waals surface area contributed by atoms with Crippen LogP contribution in [0.25, 0.3) is 0 Å². The van der Waals surface area contributed by atoms with Crippen LogP contribution in [-0.4, -0.2) is 57.4 Å². The molecule has 0 aromatic rings. The molecule has 0 aromatic heterocycles. The van der Waals surface area contributed by atoms with E-state index in [1.54, 1.807) is 21.0 Å². The average molecular weight is 276 g/mol. The number of esters is 1. The molecule has 0 spiro atoms. The molecular weight excluding hydrogens is 256 g/mol. The number of nitrogens with zero attached hydrogens (tertiary/aromatic N) is 2. The predicted octanol–water partition coefficient (Wildman–Crippen LogP) is 0.377. The van der Waals surface area contributed by atoms with Gasteiger partial charge in [0.15, 0.2) is 4.91 Å².